The van der Waals surface area contributed by atoms with Crippen molar-refractivity contribution in [3.63, 3.8) is 0 Å². The molecule has 2 rings (SSSR count). The van der Waals surface area contributed by atoms with E-state index in [0.717, 1.165) is 6.07 Å². The fourth-order valence-corrected chi connectivity index (χ4v) is 1.76. The molecule has 0 amide bonds. The Morgan fingerprint density at radius 1 is 1.14 bits per heavy atom. The van der Waals surface area contributed by atoms with Crippen molar-refractivity contribution in [1.29, 1.82) is 0 Å². The lowest BCUT2D eigenvalue weighted by molar-refractivity contribution is 0.0692. The summed E-state index contributed by atoms with van der Waals surface area (Å²) in [6, 6.07) is 10.0. The van der Waals surface area contributed by atoms with Gasteiger partial charge in [0.25, 0.3) is 0 Å². The highest BCUT2D eigenvalue weighted by atomic mass is 19.2. The molecular formula is C15H13F2NO3. The quantitative estimate of drug-likeness (QED) is 0.803. The molecular weight excluding hydrogens is 280 g/mol. The lowest BCUT2D eigenvalue weighted by Crippen LogP contribution is -2.14. The smallest absolute Gasteiger partial charge is 0.339 e. The minimum Gasteiger partial charge on any atom is -0.491 e. The number of rotatable bonds is 6. The Hall–Kier alpha value is -2.63. The van der Waals surface area contributed by atoms with Gasteiger partial charge in [-0.15, -0.1) is 0 Å². The molecule has 0 unspecified atom stereocenters. The van der Waals surface area contributed by atoms with Crippen molar-refractivity contribution in [2.24, 2.45) is 0 Å². The first-order valence-electron chi connectivity index (χ1n) is 6.22. The van der Waals surface area contributed by atoms with Crippen LogP contribution in [-0.4, -0.2) is 24.2 Å². The molecule has 0 aliphatic carbocycles. The fraction of sp³-hybridized carbons (Fsp3) is 0.133. The van der Waals surface area contributed by atoms with Crippen LogP contribution in [-0.2, 0) is 0 Å². The molecule has 0 saturated heterocycles. The Morgan fingerprint density at radius 3 is 2.67 bits per heavy atom. The van der Waals surface area contributed by atoms with Crippen LogP contribution in [0, 0.1) is 11.6 Å². The summed E-state index contributed by atoms with van der Waals surface area (Å²) in [6.45, 7) is 0.314. The van der Waals surface area contributed by atoms with Crippen molar-refractivity contribution in [3.8, 4) is 5.75 Å². The van der Waals surface area contributed by atoms with Crippen LogP contribution in [0.3, 0.4) is 0 Å². The van der Waals surface area contributed by atoms with Gasteiger partial charge in [-0.3, -0.25) is 0 Å². The second-order valence-electron chi connectivity index (χ2n) is 4.18. The second kappa shape index (κ2) is 6.69. The lowest BCUT2D eigenvalue weighted by atomic mass is 10.2. The summed E-state index contributed by atoms with van der Waals surface area (Å²) >= 11 is 0. The summed E-state index contributed by atoms with van der Waals surface area (Å²) in [5, 5.41) is 11.7. The molecule has 2 aromatic carbocycles. The summed E-state index contributed by atoms with van der Waals surface area (Å²) in [5.74, 6) is -2.75. The van der Waals surface area contributed by atoms with E-state index < -0.39 is 17.6 Å². The van der Waals surface area contributed by atoms with Crippen molar-refractivity contribution < 1.29 is 23.4 Å². The van der Waals surface area contributed by atoms with E-state index in [0.29, 0.717) is 0 Å². The Morgan fingerprint density at radius 2 is 1.90 bits per heavy atom. The number of hydrogen-bond donors (Lipinski definition) is 2. The summed E-state index contributed by atoms with van der Waals surface area (Å²) < 4.78 is 31.7. The number of aromatic carboxylic acids is 1. The van der Waals surface area contributed by atoms with E-state index in [-0.39, 0.29) is 30.2 Å². The zero-order valence-electron chi connectivity index (χ0n) is 11.0. The number of para-hydroxylation sites is 1. The van der Waals surface area contributed by atoms with Crippen LogP contribution in [0.2, 0.25) is 0 Å². The predicted octanol–water partition coefficient (Wildman–Crippen LogP) is 3.15. The van der Waals surface area contributed by atoms with Crippen molar-refractivity contribution in [2.75, 3.05) is 18.5 Å². The molecule has 0 radical (unpaired) electrons. The van der Waals surface area contributed by atoms with Gasteiger partial charge in [-0.05, 0) is 24.3 Å². The third kappa shape index (κ3) is 3.68. The fourth-order valence-electron chi connectivity index (χ4n) is 1.76. The molecule has 0 heterocycles. The van der Waals surface area contributed by atoms with Gasteiger partial charge in [0.05, 0.1) is 5.69 Å². The first kappa shape index (κ1) is 14.8. The highest BCUT2D eigenvalue weighted by Crippen LogP contribution is 2.18. The Labute approximate surface area is 120 Å². The van der Waals surface area contributed by atoms with Gasteiger partial charge in [0.1, 0.15) is 17.9 Å². The molecule has 6 heteroatoms. The largest absolute Gasteiger partial charge is 0.491 e. The van der Waals surface area contributed by atoms with E-state index >= 15 is 0 Å². The first-order valence-corrected chi connectivity index (χ1v) is 6.22. The molecule has 2 aromatic rings. The van der Waals surface area contributed by atoms with Gasteiger partial charge >= 0.3 is 5.97 Å². The molecule has 0 aliphatic rings. The summed E-state index contributed by atoms with van der Waals surface area (Å²) in [6.07, 6.45) is 0. The van der Waals surface area contributed by atoms with E-state index in [1.54, 1.807) is 12.1 Å². The van der Waals surface area contributed by atoms with Gasteiger partial charge in [0.2, 0.25) is 0 Å². The standard InChI is InChI=1S/C15H13F2NO3/c16-11-5-3-6-12(14(11)17)18-8-9-21-13-7-2-1-4-10(13)15(19)20/h1-7,18H,8-9H2,(H,19,20). The van der Waals surface area contributed by atoms with Crippen LogP contribution in [0.15, 0.2) is 42.5 Å². The molecule has 0 saturated carbocycles. The van der Waals surface area contributed by atoms with E-state index in [9.17, 15) is 13.6 Å². The Bertz CT molecular complexity index is 647. The maximum absolute atomic E-state index is 13.4. The first-order chi connectivity index (χ1) is 10.1. The van der Waals surface area contributed by atoms with E-state index in [1.165, 1.54) is 24.3 Å². The summed E-state index contributed by atoms with van der Waals surface area (Å²) in [4.78, 5) is 11.0. The van der Waals surface area contributed by atoms with Crippen LogP contribution in [0.4, 0.5) is 14.5 Å². The number of carboxylic acid groups (broad SMARTS) is 1. The normalized spacial score (nSPS) is 10.2. The number of carbonyl (C=O) groups is 1. The molecule has 21 heavy (non-hydrogen) atoms. The highest BCUT2D eigenvalue weighted by molar-refractivity contribution is 5.90. The topological polar surface area (TPSA) is 58.6 Å². The minimum atomic E-state index is -1.09. The molecule has 0 aliphatic heterocycles. The van der Waals surface area contributed by atoms with Crippen LogP contribution in [0.25, 0.3) is 0 Å². The predicted molar refractivity (Wildman–Crippen MR) is 73.7 cm³/mol. The number of nitrogens with one attached hydrogen (secondary N) is 1. The summed E-state index contributed by atoms with van der Waals surface area (Å²) in [5.41, 5.74) is 0.0829. The van der Waals surface area contributed by atoms with Crippen LogP contribution < -0.4 is 10.1 Å². The maximum atomic E-state index is 13.4. The monoisotopic (exact) mass is 293 g/mol. The molecule has 4 nitrogen and oxygen atoms in total. The SMILES string of the molecule is O=C(O)c1ccccc1OCCNc1cccc(F)c1F. The highest BCUT2D eigenvalue weighted by Gasteiger charge is 2.10. The van der Waals surface area contributed by atoms with Crippen molar-refractivity contribution in [2.45, 2.75) is 0 Å². The van der Waals surface area contributed by atoms with Crippen LogP contribution in [0.5, 0.6) is 5.75 Å². The van der Waals surface area contributed by atoms with Crippen molar-refractivity contribution in [3.05, 3.63) is 59.7 Å². The molecule has 0 spiro atoms. The average molecular weight is 293 g/mol. The van der Waals surface area contributed by atoms with Crippen molar-refractivity contribution in [1.82, 2.24) is 0 Å². The number of anilines is 1. The number of benzene rings is 2. The Balaban J connectivity index is 1.91. The van der Waals surface area contributed by atoms with E-state index in [1.807, 2.05) is 0 Å². The lowest BCUT2D eigenvalue weighted by Gasteiger charge is -2.11. The van der Waals surface area contributed by atoms with E-state index in [2.05, 4.69) is 5.32 Å². The zero-order chi connectivity index (χ0) is 15.2. The van der Waals surface area contributed by atoms with Gasteiger partial charge in [-0.25, -0.2) is 13.6 Å². The number of ether oxygens (including phenoxy) is 1. The molecule has 2 N–H and O–H groups in total. The zero-order valence-corrected chi connectivity index (χ0v) is 11.0. The van der Waals surface area contributed by atoms with Gasteiger partial charge in [-0.2, -0.15) is 0 Å². The van der Waals surface area contributed by atoms with E-state index in [4.69, 9.17) is 9.84 Å². The third-order valence-corrected chi connectivity index (χ3v) is 2.74. The van der Waals surface area contributed by atoms with Gasteiger partial charge in [0, 0.05) is 6.54 Å². The number of halogens is 2. The summed E-state index contributed by atoms with van der Waals surface area (Å²) in [7, 11) is 0. The maximum Gasteiger partial charge on any atom is 0.339 e. The van der Waals surface area contributed by atoms with Gasteiger partial charge in [0.15, 0.2) is 11.6 Å². The molecule has 0 fully saturated rings. The van der Waals surface area contributed by atoms with Crippen molar-refractivity contribution >= 4 is 11.7 Å². The average Bonchev–Trinajstić information content (AvgIpc) is 2.48. The molecule has 0 bridgehead atoms. The number of carboxylic acids is 1. The Kier molecular flexibility index (Phi) is 4.71. The van der Waals surface area contributed by atoms with Gasteiger partial charge in [-0.1, -0.05) is 18.2 Å². The molecule has 0 aromatic heterocycles. The third-order valence-electron chi connectivity index (χ3n) is 2.74. The van der Waals surface area contributed by atoms with Crippen LogP contribution in [0.1, 0.15) is 10.4 Å². The van der Waals surface area contributed by atoms with Crippen LogP contribution >= 0.6 is 0 Å². The molecule has 0 atom stereocenters. The van der Waals surface area contributed by atoms with Gasteiger partial charge < -0.3 is 15.2 Å². The molecule has 110 valence electrons. The number of hydrogen-bond acceptors (Lipinski definition) is 3. The second-order valence-corrected chi connectivity index (χ2v) is 4.18. The minimum absolute atomic E-state index is 0.0325.